The first-order chi connectivity index (χ1) is 13.0. The van der Waals surface area contributed by atoms with Crippen LogP contribution >= 0.6 is 0 Å². The molecule has 2 aromatic carbocycles. The van der Waals surface area contributed by atoms with Crippen molar-refractivity contribution >= 4 is 17.7 Å². The molecule has 0 aromatic heterocycles. The van der Waals surface area contributed by atoms with Crippen molar-refractivity contribution in [3.8, 4) is 0 Å². The molecule has 2 atom stereocenters. The van der Waals surface area contributed by atoms with Gasteiger partial charge >= 0.3 is 0 Å². The summed E-state index contributed by atoms with van der Waals surface area (Å²) in [7, 11) is 0. The number of fused-ring (bicyclic) bond motifs is 1. The van der Waals surface area contributed by atoms with E-state index in [0.717, 1.165) is 0 Å². The van der Waals surface area contributed by atoms with Crippen LogP contribution in [0, 0.1) is 0 Å². The first-order valence-electron chi connectivity index (χ1n) is 8.99. The highest BCUT2D eigenvalue weighted by Crippen LogP contribution is 2.25. The second kappa shape index (κ2) is 6.63. The van der Waals surface area contributed by atoms with Gasteiger partial charge in [0.15, 0.2) is 0 Å². The van der Waals surface area contributed by atoms with Crippen molar-refractivity contribution in [3.63, 3.8) is 0 Å². The molecule has 6 heteroatoms. The summed E-state index contributed by atoms with van der Waals surface area (Å²) in [6.07, 6.45) is 0.0750. The number of benzene rings is 2. The fraction of sp³-hybridized carbons (Fsp3) is 0.286. The third-order valence-electron chi connectivity index (χ3n) is 5.21. The third kappa shape index (κ3) is 3.02. The number of aliphatic hydroxyl groups is 1. The average Bonchev–Trinajstić information content (AvgIpc) is 3.13. The van der Waals surface area contributed by atoms with Crippen LogP contribution < -0.4 is 0 Å². The maximum absolute atomic E-state index is 12.8. The van der Waals surface area contributed by atoms with Crippen LogP contribution in [-0.4, -0.2) is 51.3 Å². The molecule has 1 N–H and O–H groups in total. The Morgan fingerprint density at radius 1 is 1.07 bits per heavy atom. The van der Waals surface area contributed by atoms with Crippen LogP contribution in [-0.2, 0) is 6.54 Å². The van der Waals surface area contributed by atoms with Gasteiger partial charge in [-0.3, -0.25) is 19.3 Å². The number of likely N-dealkylation sites (tertiary alicyclic amines) is 1. The van der Waals surface area contributed by atoms with E-state index in [1.54, 1.807) is 53.4 Å². The van der Waals surface area contributed by atoms with Gasteiger partial charge in [-0.25, -0.2) is 0 Å². The fourth-order valence-electron chi connectivity index (χ4n) is 3.82. The molecular formula is C21H20N2O4. The van der Waals surface area contributed by atoms with Gasteiger partial charge in [0.05, 0.1) is 23.8 Å². The van der Waals surface area contributed by atoms with Crippen LogP contribution in [0.1, 0.15) is 50.0 Å². The number of carbonyl (C=O) groups is 3. The van der Waals surface area contributed by atoms with Crippen LogP contribution in [0.5, 0.6) is 0 Å². The van der Waals surface area contributed by atoms with Crippen LogP contribution in [0.2, 0.25) is 0 Å². The lowest BCUT2D eigenvalue weighted by Gasteiger charge is -2.21. The largest absolute Gasteiger partial charge is 0.391 e. The number of hydrogen-bond acceptors (Lipinski definition) is 4. The molecule has 0 spiro atoms. The molecule has 2 aromatic rings. The van der Waals surface area contributed by atoms with E-state index >= 15 is 0 Å². The number of amides is 3. The summed E-state index contributed by atoms with van der Waals surface area (Å²) in [6.45, 7) is 2.35. The SMILES string of the molecule is C[C@@H]1C[C@@H](O)CN1C(=O)c1cccc(CN2C(=O)c3ccccc3C2=O)c1. The van der Waals surface area contributed by atoms with Gasteiger partial charge < -0.3 is 10.0 Å². The molecule has 4 rings (SSSR count). The van der Waals surface area contributed by atoms with E-state index in [4.69, 9.17) is 0 Å². The van der Waals surface area contributed by atoms with E-state index in [1.807, 2.05) is 6.92 Å². The molecule has 2 aliphatic heterocycles. The first kappa shape index (κ1) is 17.4. The average molecular weight is 364 g/mol. The van der Waals surface area contributed by atoms with Gasteiger partial charge in [-0.05, 0) is 43.2 Å². The Morgan fingerprint density at radius 3 is 2.33 bits per heavy atom. The van der Waals surface area contributed by atoms with Gasteiger partial charge in [-0.1, -0.05) is 24.3 Å². The standard InChI is InChI=1S/C21H20N2O4/c1-13-9-16(24)12-22(13)19(25)15-6-4-5-14(10-15)11-23-20(26)17-7-2-3-8-18(17)21(23)27/h2-8,10,13,16,24H,9,11-12H2,1H3/t13-,16-/m1/s1. The molecule has 1 fully saturated rings. The predicted octanol–water partition coefficient (Wildman–Crippen LogP) is 2.08. The van der Waals surface area contributed by atoms with Gasteiger partial charge in [-0.15, -0.1) is 0 Å². The lowest BCUT2D eigenvalue weighted by Crippen LogP contribution is -2.34. The van der Waals surface area contributed by atoms with E-state index < -0.39 is 6.10 Å². The second-order valence-electron chi connectivity index (χ2n) is 7.14. The lowest BCUT2D eigenvalue weighted by molar-refractivity contribution is 0.0642. The van der Waals surface area contributed by atoms with Gasteiger partial charge in [0.25, 0.3) is 17.7 Å². The van der Waals surface area contributed by atoms with Gasteiger partial charge in [0, 0.05) is 18.2 Å². The minimum absolute atomic E-state index is 0.0209. The summed E-state index contributed by atoms with van der Waals surface area (Å²) in [5.41, 5.74) is 2.03. The summed E-state index contributed by atoms with van der Waals surface area (Å²) in [6, 6.07) is 13.7. The van der Waals surface area contributed by atoms with Crippen LogP contribution in [0.4, 0.5) is 0 Å². The van der Waals surface area contributed by atoms with E-state index in [1.165, 1.54) is 4.90 Å². The zero-order chi connectivity index (χ0) is 19.1. The number of carbonyl (C=O) groups excluding carboxylic acids is 3. The zero-order valence-electron chi connectivity index (χ0n) is 15.0. The molecule has 6 nitrogen and oxygen atoms in total. The van der Waals surface area contributed by atoms with Crippen molar-refractivity contribution in [3.05, 3.63) is 70.8 Å². The zero-order valence-corrected chi connectivity index (χ0v) is 15.0. The van der Waals surface area contributed by atoms with Crippen LogP contribution in [0.3, 0.4) is 0 Å². The Kier molecular flexibility index (Phi) is 4.28. The maximum Gasteiger partial charge on any atom is 0.261 e. The summed E-state index contributed by atoms with van der Waals surface area (Å²) in [5, 5.41) is 9.78. The van der Waals surface area contributed by atoms with Crippen LogP contribution in [0.15, 0.2) is 48.5 Å². The molecule has 2 aliphatic rings. The number of aliphatic hydroxyl groups excluding tert-OH is 1. The van der Waals surface area contributed by atoms with Gasteiger partial charge in [-0.2, -0.15) is 0 Å². The molecule has 138 valence electrons. The highest BCUT2D eigenvalue weighted by molar-refractivity contribution is 6.21. The highest BCUT2D eigenvalue weighted by Gasteiger charge is 2.35. The normalized spacial score (nSPS) is 21.7. The minimum Gasteiger partial charge on any atom is -0.391 e. The fourth-order valence-corrected chi connectivity index (χ4v) is 3.82. The Hall–Kier alpha value is -2.99. The highest BCUT2D eigenvalue weighted by atomic mass is 16.3. The first-order valence-corrected chi connectivity index (χ1v) is 8.99. The van der Waals surface area contributed by atoms with Crippen molar-refractivity contribution in [1.82, 2.24) is 9.80 Å². The van der Waals surface area contributed by atoms with Crippen molar-refractivity contribution < 1.29 is 19.5 Å². The third-order valence-corrected chi connectivity index (χ3v) is 5.21. The van der Waals surface area contributed by atoms with E-state index in [0.29, 0.717) is 35.2 Å². The molecule has 0 aliphatic carbocycles. The summed E-state index contributed by atoms with van der Waals surface area (Å²) in [4.78, 5) is 40.7. The molecule has 1 saturated heterocycles. The number of nitrogens with zero attached hydrogens (tertiary/aromatic N) is 2. The molecular weight excluding hydrogens is 344 g/mol. The summed E-state index contributed by atoms with van der Waals surface area (Å²) < 4.78 is 0. The molecule has 2 heterocycles. The quantitative estimate of drug-likeness (QED) is 0.846. The smallest absolute Gasteiger partial charge is 0.261 e. The monoisotopic (exact) mass is 364 g/mol. The van der Waals surface area contributed by atoms with Crippen molar-refractivity contribution in [1.29, 1.82) is 0 Å². The van der Waals surface area contributed by atoms with E-state index in [2.05, 4.69) is 0 Å². The topological polar surface area (TPSA) is 77.9 Å². The second-order valence-corrected chi connectivity index (χ2v) is 7.14. The predicted molar refractivity (Wildman–Crippen MR) is 98.2 cm³/mol. The molecule has 0 bridgehead atoms. The van der Waals surface area contributed by atoms with Crippen molar-refractivity contribution in [2.75, 3.05) is 6.54 Å². The molecule has 0 saturated carbocycles. The summed E-state index contributed by atoms with van der Waals surface area (Å²) >= 11 is 0. The Labute approximate surface area is 157 Å². The minimum atomic E-state index is -0.495. The maximum atomic E-state index is 12.8. The van der Waals surface area contributed by atoms with Gasteiger partial charge in [0.1, 0.15) is 0 Å². The van der Waals surface area contributed by atoms with Crippen molar-refractivity contribution in [2.24, 2.45) is 0 Å². The van der Waals surface area contributed by atoms with Gasteiger partial charge in [0.2, 0.25) is 0 Å². The molecule has 3 amide bonds. The van der Waals surface area contributed by atoms with Crippen LogP contribution in [0.25, 0.3) is 0 Å². The number of rotatable bonds is 3. The Balaban J connectivity index is 1.55. The van der Waals surface area contributed by atoms with E-state index in [-0.39, 0.29) is 30.3 Å². The van der Waals surface area contributed by atoms with E-state index in [9.17, 15) is 19.5 Å². The number of hydrogen-bond donors (Lipinski definition) is 1. The Morgan fingerprint density at radius 2 is 1.74 bits per heavy atom. The van der Waals surface area contributed by atoms with Crippen molar-refractivity contribution in [2.45, 2.75) is 32.0 Å². The molecule has 0 radical (unpaired) electrons. The number of β-amino-alcohol motifs (C(OH)–C–C–N with tert-alkyl or cyclic N) is 1. The number of imide groups is 1. The molecule has 0 unspecified atom stereocenters. The Bertz CT molecular complexity index is 904. The lowest BCUT2D eigenvalue weighted by atomic mass is 10.1. The summed E-state index contributed by atoms with van der Waals surface area (Å²) in [5.74, 6) is -0.782. The molecule has 27 heavy (non-hydrogen) atoms.